The standard InChI is InChI=1S/C17H31NOS/c1-20-17(10-3-2-4-11-17)14-18-15-7-12-19-16(13-15)8-5-6-9-16/h15,18H,2-14H2,1H3. The van der Waals surface area contributed by atoms with Gasteiger partial charge in [-0.05, 0) is 44.8 Å². The molecule has 1 heterocycles. The molecule has 0 amide bonds. The summed E-state index contributed by atoms with van der Waals surface area (Å²) >= 11 is 2.11. The third-order valence-corrected chi connectivity index (χ3v) is 7.34. The first kappa shape index (κ1) is 15.2. The van der Waals surface area contributed by atoms with Crippen molar-refractivity contribution < 1.29 is 4.74 Å². The lowest BCUT2D eigenvalue weighted by molar-refractivity contribution is -0.0838. The molecule has 1 N–H and O–H groups in total. The van der Waals surface area contributed by atoms with Crippen molar-refractivity contribution in [2.24, 2.45) is 0 Å². The summed E-state index contributed by atoms with van der Waals surface area (Å²) in [4.78, 5) is 0. The van der Waals surface area contributed by atoms with E-state index in [0.717, 1.165) is 6.61 Å². The van der Waals surface area contributed by atoms with Crippen LogP contribution < -0.4 is 5.32 Å². The SMILES string of the molecule is CSC1(CNC2CCOC3(CCCC3)C2)CCCCC1. The molecule has 2 nitrogen and oxygen atoms in total. The van der Waals surface area contributed by atoms with Gasteiger partial charge < -0.3 is 10.1 Å². The van der Waals surface area contributed by atoms with E-state index in [2.05, 4.69) is 23.3 Å². The van der Waals surface area contributed by atoms with Gasteiger partial charge in [-0.1, -0.05) is 32.1 Å². The van der Waals surface area contributed by atoms with E-state index in [1.165, 1.54) is 77.2 Å². The minimum atomic E-state index is 0.259. The number of thioether (sulfide) groups is 1. The second-order valence-electron chi connectivity index (χ2n) is 7.26. The Morgan fingerprint density at radius 3 is 2.45 bits per heavy atom. The van der Waals surface area contributed by atoms with Crippen LogP contribution in [0.25, 0.3) is 0 Å². The number of rotatable bonds is 4. The van der Waals surface area contributed by atoms with Gasteiger partial charge in [0.15, 0.2) is 0 Å². The predicted molar refractivity (Wildman–Crippen MR) is 87.5 cm³/mol. The van der Waals surface area contributed by atoms with Crippen molar-refractivity contribution in [1.82, 2.24) is 5.32 Å². The van der Waals surface area contributed by atoms with Gasteiger partial charge in [0.1, 0.15) is 0 Å². The average molecular weight is 298 g/mol. The molecule has 1 aliphatic heterocycles. The highest BCUT2D eigenvalue weighted by atomic mass is 32.2. The topological polar surface area (TPSA) is 21.3 Å². The molecule has 3 aliphatic rings. The van der Waals surface area contributed by atoms with E-state index in [1.807, 2.05) is 0 Å². The number of ether oxygens (including phenoxy) is 1. The van der Waals surface area contributed by atoms with Crippen LogP contribution in [-0.4, -0.2) is 35.8 Å². The molecular weight excluding hydrogens is 266 g/mol. The Labute approximate surface area is 128 Å². The summed E-state index contributed by atoms with van der Waals surface area (Å²) in [6.45, 7) is 2.19. The summed E-state index contributed by atoms with van der Waals surface area (Å²) in [5, 5.41) is 3.93. The molecule has 0 aromatic rings. The zero-order chi connectivity index (χ0) is 13.9. The highest BCUT2D eigenvalue weighted by Gasteiger charge is 2.40. The molecule has 0 bridgehead atoms. The highest BCUT2D eigenvalue weighted by Crippen LogP contribution is 2.41. The maximum atomic E-state index is 6.15. The Kier molecular flexibility index (Phi) is 4.99. The van der Waals surface area contributed by atoms with Crippen molar-refractivity contribution in [3.05, 3.63) is 0 Å². The average Bonchev–Trinajstić information content (AvgIpc) is 2.94. The molecular formula is C17H31NOS. The quantitative estimate of drug-likeness (QED) is 0.843. The highest BCUT2D eigenvalue weighted by molar-refractivity contribution is 8.00. The predicted octanol–water partition coefficient (Wildman–Crippen LogP) is 4.13. The summed E-state index contributed by atoms with van der Waals surface area (Å²) in [5.41, 5.74) is 0.259. The minimum absolute atomic E-state index is 0.259. The van der Waals surface area contributed by atoms with Crippen LogP contribution in [0, 0.1) is 0 Å². The van der Waals surface area contributed by atoms with Crippen LogP contribution >= 0.6 is 11.8 Å². The van der Waals surface area contributed by atoms with Crippen LogP contribution in [0.3, 0.4) is 0 Å². The third-order valence-electron chi connectivity index (χ3n) is 5.92. The summed E-state index contributed by atoms with van der Waals surface area (Å²) in [6, 6.07) is 0.702. The summed E-state index contributed by atoms with van der Waals surface area (Å²) in [7, 11) is 0. The molecule has 1 saturated heterocycles. The maximum Gasteiger partial charge on any atom is 0.0697 e. The molecule has 2 saturated carbocycles. The van der Waals surface area contributed by atoms with Crippen molar-refractivity contribution >= 4 is 11.8 Å². The van der Waals surface area contributed by atoms with Crippen LogP contribution in [-0.2, 0) is 4.74 Å². The van der Waals surface area contributed by atoms with Gasteiger partial charge >= 0.3 is 0 Å². The molecule has 1 spiro atoms. The van der Waals surface area contributed by atoms with E-state index in [9.17, 15) is 0 Å². The van der Waals surface area contributed by atoms with E-state index in [1.54, 1.807) is 0 Å². The van der Waals surface area contributed by atoms with Crippen molar-refractivity contribution in [3.63, 3.8) is 0 Å². The lowest BCUT2D eigenvalue weighted by Crippen LogP contribution is -2.49. The van der Waals surface area contributed by atoms with Crippen LogP contribution in [0.5, 0.6) is 0 Å². The second kappa shape index (κ2) is 6.58. The summed E-state index contributed by atoms with van der Waals surface area (Å²) < 4.78 is 6.68. The third kappa shape index (κ3) is 3.36. The van der Waals surface area contributed by atoms with E-state index in [4.69, 9.17) is 4.74 Å². The van der Waals surface area contributed by atoms with Gasteiger partial charge in [-0.3, -0.25) is 0 Å². The lowest BCUT2D eigenvalue weighted by Gasteiger charge is -2.41. The maximum absolute atomic E-state index is 6.15. The van der Waals surface area contributed by atoms with E-state index < -0.39 is 0 Å². The molecule has 2 aliphatic carbocycles. The second-order valence-corrected chi connectivity index (χ2v) is 8.53. The van der Waals surface area contributed by atoms with Gasteiger partial charge in [0.25, 0.3) is 0 Å². The number of hydrogen-bond acceptors (Lipinski definition) is 3. The molecule has 3 rings (SSSR count). The fourth-order valence-corrected chi connectivity index (χ4v) is 5.47. The van der Waals surface area contributed by atoms with Gasteiger partial charge in [-0.25, -0.2) is 0 Å². The molecule has 1 unspecified atom stereocenters. The Bertz CT molecular complexity index is 308. The van der Waals surface area contributed by atoms with Gasteiger partial charge in [0, 0.05) is 23.9 Å². The molecule has 3 fully saturated rings. The Morgan fingerprint density at radius 2 is 1.75 bits per heavy atom. The minimum Gasteiger partial charge on any atom is -0.375 e. The normalized spacial score (nSPS) is 32.5. The van der Waals surface area contributed by atoms with Gasteiger partial charge in [-0.15, -0.1) is 0 Å². The van der Waals surface area contributed by atoms with Gasteiger partial charge in [0.05, 0.1) is 5.60 Å². The molecule has 1 atom stereocenters. The van der Waals surface area contributed by atoms with Crippen LogP contribution in [0.4, 0.5) is 0 Å². The number of hydrogen-bond donors (Lipinski definition) is 1. The van der Waals surface area contributed by atoms with E-state index in [-0.39, 0.29) is 5.60 Å². The van der Waals surface area contributed by atoms with Crippen LogP contribution in [0.1, 0.15) is 70.6 Å². The van der Waals surface area contributed by atoms with E-state index >= 15 is 0 Å². The molecule has 20 heavy (non-hydrogen) atoms. The molecule has 3 heteroatoms. The van der Waals surface area contributed by atoms with Crippen molar-refractivity contribution in [1.29, 1.82) is 0 Å². The number of nitrogens with one attached hydrogen (secondary N) is 1. The first-order valence-electron chi connectivity index (χ1n) is 8.69. The zero-order valence-electron chi connectivity index (χ0n) is 13.1. The molecule has 0 aromatic heterocycles. The fraction of sp³-hybridized carbons (Fsp3) is 1.00. The van der Waals surface area contributed by atoms with E-state index in [0.29, 0.717) is 10.8 Å². The zero-order valence-corrected chi connectivity index (χ0v) is 13.9. The summed E-state index contributed by atoms with van der Waals surface area (Å²) in [5.74, 6) is 0. The smallest absolute Gasteiger partial charge is 0.0697 e. The Hall–Kier alpha value is 0.270. The van der Waals surface area contributed by atoms with Crippen LogP contribution in [0.2, 0.25) is 0 Å². The monoisotopic (exact) mass is 297 g/mol. The van der Waals surface area contributed by atoms with Gasteiger partial charge in [0.2, 0.25) is 0 Å². The fourth-order valence-electron chi connectivity index (χ4n) is 4.55. The Balaban J connectivity index is 1.52. The van der Waals surface area contributed by atoms with Crippen molar-refractivity contribution in [3.8, 4) is 0 Å². The van der Waals surface area contributed by atoms with Gasteiger partial charge in [-0.2, -0.15) is 11.8 Å². The molecule has 0 aromatic carbocycles. The van der Waals surface area contributed by atoms with Crippen LogP contribution in [0.15, 0.2) is 0 Å². The van der Waals surface area contributed by atoms with Crippen molar-refractivity contribution in [2.75, 3.05) is 19.4 Å². The first-order valence-corrected chi connectivity index (χ1v) is 9.91. The molecule has 116 valence electrons. The summed E-state index contributed by atoms with van der Waals surface area (Å²) in [6.07, 6.45) is 17.3. The largest absolute Gasteiger partial charge is 0.375 e. The molecule has 0 radical (unpaired) electrons. The Morgan fingerprint density at radius 1 is 1.05 bits per heavy atom. The first-order chi connectivity index (χ1) is 9.76. The lowest BCUT2D eigenvalue weighted by atomic mass is 9.86. The van der Waals surface area contributed by atoms with Crippen molar-refractivity contribution in [2.45, 2.75) is 87.0 Å².